The molecule has 106 valence electrons. The molecule has 0 aromatic carbocycles. The first-order valence-corrected chi connectivity index (χ1v) is 7.95. The van der Waals surface area contributed by atoms with Crippen LogP contribution in [0.4, 0.5) is 0 Å². The predicted octanol–water partition coefficient (Wildman–Crippen LogP) is 0.856. The Bertz CT molecular complexity index is 527. The Morgan fingerprint density at radius 1 is 1.42 bits per heavy atom. The highest BCUT2D eigenvalue weighted by Crippen LogP contribution is 2.14. The van der Waals surface area contributed by atoms with Crippen LogP contribution in [-0.2, 0) is 16.4 Å². The van der Waals surface area contributed by atoms with Crippen LogP contribution < -0.4 is 10.5 Å². The zero-order valence-electron chi connectivity index (χ0n) is 11.1. The minimum Gasteiger partial charge on any atom is -0.393 e. The van der Waals surface area contributed by atoms with Crippen LogP contribution in [-0.4, -0.2) is 30.7 Å². The van der Waals surface area contributed by atoms with Crippen LogP contribution in [0.2, 0.25) is 0 Å². The quantitative estimate of drug-likeness (QED) is 0.730. The van der Waals surface area contributed by atoms with E-state index >= 15 is 0 Å². The topological polar surface area (TPSA) is 85.1 Å². The van der Waals surface area contributed by atoms with Crippen molar-refractivity contribution in [2.45, 2.75) is 20.3 Å². The summed E-state index contributed by atoms with van der Waals surface area (Å²) in [6, 6.07) is 3.60. The molecule has 0 aliphatic rings. The largest absolute Gasteiger partial charge is 0.393 e. The van der Waals surface area contributed by atoms with E-state index in [-0.39, 0.29) is 12.3 Å². The first-order valence-electron chi connectivity index (χ1n) is 5.89. The van der Waals surface area contributed by atoms with Gasteiger partial charge in [-0.05, 0) is 24.1 Å². The third kappa shape index (κ3) is 5.63. The van der Waals surface area contributed by atoms with Gasteiger partial charge in [-0.15, -0.1) is 0 Å². The third-order valence-corrected chi connectivity index (χ3v) is 4.69. The maximum Gasteiger partial charge on any atom is 0.211 e. The zero-order chi connectivity index (χ0) is 14.5. The van der Waals surface area contributed by atoms with Gasteiger partial charge in [-0.25, -0.2) is 13.1 Å². The van der Waals surface area contributed by atoms with Gasteiger partial charge in [-0.3, -0.25) is 4.98 Å². The molecule has 1 rings (SSSR count). The SMILES string of the molecule is CC(C)(CNS(=O)(=O)CCc1ccncc1)C(N)=S. The Labute approximate surface area is 119 Å². The molecular formula is C12H19N3O2S2. The number of hydrogen-bond donors (Lipinski definition) is 2. The molecule has 0 amide bonds. The lowest BCUT2D eigenvalue weighted by atomic mass is 9.94. The van der Waals surface area contributed by atoms with Crippen molar-refractivity contribution in [2.75, 3.05) is 12.3 Å². The minimum absolute atomic E-state index is 0.0322. The fourth-order valence-corrected chi connectivity index (χ4v) is 2.55. The van der Waals surface area contributed by atoms with Crippen LogP contribution >= 0.6 is 12.2 Å². The standard InChI is InChI=1S/C12H19N3O2S2/c1-12(2,11(13)18)9-15-19(16,17)8-5-10-3-6-14-7-4-10/h3-4,6-7,15H,5,8-9H2,1-2H3,(H2,13,18). The molecule has 0 aliphatic heterocycles. The van der Waals surface area contributed by atoms with Crippen LogP contribution in [0.15, 0.2) is 24.5 Å². The molecule has 0 aliphatic carbocycles. The summed E-state index contributed by atoms with van der Waals surface area (Å²) >= 11 is 4.90. The van der Waals surface area contributed by atoms with E-state index in [2.05, 4.69) is 9.71 Å². The van der Waals surface area contributed by atoms with Crippen LogP contribution in [0, 0.1) is 5.41 Å². The van der Waals surface area contributed by atoms with Crippen LogP contribution in [0.5, 0.6) is 0 Å². The van der Waals surface area contributed by atoms with Crippen LogP contribution in [0.25, 0.3) is 0 Å². The molecule has 0 saturated carbocycles. The second-order valence-electron chi connectivity index (χ2n) is 4.99. The maximum atomic E-state index is 11.9. The van der Waals surface area contributed by atoms with Gasteiger partial charge in [0.1, 0.15) is 0 Å². The Balaban J connectivity index is 2.51. The molecule has 5 nitrogen and oxygen atoms in total. The van der Waals surface area contributed by atoms with E-state index in [0.29, 0.717) is 11.4 Å². The monoisotopic (exact) mass is 301 g/mol. The second-order valence-corrected chi connectivity index (χ2v) is 7.36. The molecule has 3 N–H and O–H groups in total. The number of aryl methyl sites for hydroxylation is 1. The first kappa shape index (κ1) is 16.0. The predicted molar refractivity (Wildman–Crippen MR) is 80.3 cm³/mol. The first-order chi connectivity index (χ1) is 8.73. The lowest BCUT2D eigenvalue weighted by Gasteiger charge is -2.23. The van der Waals surface area contributed by atoms with E-state index in [9.17, 15) is 8.42 Å². The maximum absolute atomic E-state index is 11.9. The highest BCUT2D eigenvalue weighted by molar-refractivity contribution is 7.89. The van der Waals surface area contributed by atoms with Crippen molar-refractivity contribution in [2.24, 2.45) is 11.1 Å². The summed E-state index contributed by atoms with van der Waals surface area (Å²) in [6.45, 7) is 3.82. The average molecular weight is 301 g/mol. The van der Waals surface area contributed by atoms with Crippen molar-refractivity contribution in [3.8, 4) is 0 Å². The molecule has 1 heterocycles. The van der Waals surface area contributed by atoms with Gasteiger partial charge >= 0.3 is 0 Å². The molecule has 0 fully saturated rings. The van der Waals surface area contributed by atoms with E-state index in [0.717, 1.165) is 5.56 Å². The smallest absolute Gasteiger partial charge is 0.211 e. The number of rotatable bonds is 7. The molecule has 1 aromatic rings. The molecule has 0 bridgehead atoms. The molecule has 1 aromatic heterocycles. The third-order valence-electron chi connectivity index (χ3n) is 2.81. The van der Waals surface area contributed by atoms with Crippen molar-refractivity contribution in [1.29, 1.82) is 0 Å². The van der Waals surface area contributed by atoms with Gasteiger partial charge < -0.3 is 5.73 Å². The Kier molecular flexibility index (Phi) is 5.39. The van der Waals surface area contributed by atoms with Crippen molar-refractivity contribution in [3.63, 3.8) is 0 Å². The molecule has 19 heavy (non-hydrogen) atoms. The second kappa shape index (κ2) is 6.40. The number of aromatic nitrogens is 1. The van der Waals surface area contributed by atoms with Gasteiger partial charge in [0.15, 0.2) is 0 Å². The van der Waals surface area contributed by atoms with E-state index in [1.54, 1.807) is 38.4 Å². The molecular weight excluding hydrogens is 282 g/mol. The highest BCUT2D eigenvalue weighted by atomic mass is 32.2. The summed E-state index contributed by atoms with van der Waals surface area (Å²) in [7, 11) is -3.33. The van der Waals surface area contributed by atoms with Gasteiger partial charge in [0.2, 0.25) is 10.0 Å². The Hall–Kier alpha value is -1.05. The molecule has 0 radical (unpaired) electrons. The van der Waals surface area contributed by atoms with Gasteiger partial charge in [0.25, 0.3) is 0 Å². The van der Waals surface area contributed by atoms with Gasteiger partial charge in [-0.1, -0.05) is 26.1 Å². The zero-order valence-corrected chi connectivity index (χ0v) is 12.7. The molecule has 7 heteroatoms. The summed E-state index contributed by atoms with van der Waals surface area (Å²) in [4.78, 5) is 4.18. The van der Waals surface area contributed by atoms with Crippen LogP contribution in [0.3, 0.4) is 0 Å². The van der Waals surface area contributed by atoms with Crippen molar-refractivity contribution >= 4 is 27.2 Å². The Morgan fingerprint density at radius 2 is 2.00 bits per heavy atom. The number of sulfonamides is 1. The number of nitrogens with one attached hydrogen (secondary N) is 1. The summed E-state index contributed by atoms with van der Waals surface area (Å²) in [6.07, 6.45) is 3.74. The fourth-order valence-electron chi connectivity index (χ4n) is 1.25. The number of hydrogen-bond acceptors (Lipinski definition) is 4. The van der Waals surface area contributed by atoms with Gasteiger partial charge in [0.05, 0.1) is 10.7 Å². The lowest BCUT2D eigenvalue weighted by molar-refractivity contribution is 0.501. The lowest BCUT2D eigenvalue weighted by Crippen LogP contribution is -2.42. The van der Waals surface area contributed by atoms with E-state index in [1.807, 2.05) is 0 Å². The molecule has 0 unspecified atom stereocenters. The minimum atomic E-state index is -3.33. The van der Waals surface area contributed by atoms with E-state index in [4.69, 9.17) is 18.0 Å². The fraction of sp³-hybridized carbons (Fsp3) is 0.500. The average Bonchev–Trinajstić information content (AvgIpc) is 2.36. The highest BCUT2D eigenvalue weighted by Gasteiger charge is 2.23. The van der Waals surface area contributed by atoms with Crippen molar-refractivity contribution in [1.82, 2.24) is 9.71 Å². The van der Waals surface area contributed by atoms with Crippen molar-refractivity contribution in [3.05, 3.63) is 30.1 Å². The van der Waals surface area contributed by atoms with Gasteiger partial charge in [0, 0.05) is 24.4 Å². The number of thiocarbonyl (C=S) groups is 1. The molecule has 0 atom stereocenters. The molecule has 0 saturated heterocycles. The van der Waals surface area contributed by atoms with Gasteiger partial charge in [-0.2, -0.15) is 0 Å². The van der Waals surface area contributed by atoms with Crippen molar-refractivity contribution < 1.29 is 8.42 Å². The Morgan fingerprint density at radius 3 is 2.53 bits per heavy atom. The van der Waals surface area contributed by atoms with Crippen LogP contribution in [0.1, 0.15) is 19.4 Å². The summed E-state index contributed by atoms with van der Waals surface area (Å²) in [5.41, 5.74) is 5.96. The number of pyridine rings is 1. The number of nitrogens with zero attached hydrogens (tertiary/aromatic N) is 1. The number of nitrogens with two attached hydrogens (primary N) is 1. The van der Waals surface area contributed by atoms with E-state index < -0.39 is 15.4 Å². The summed E-state index contributed by atoms with van der Waals surface area (Å²) < 4.78 is 26.3. The molecule has 0 spiro atoms. The summed E-state index contributed by atoms with van der Waals surface area (Å²) in [5, 5.41) is 0. The normalized spacial score (nSPS) is 12.3. The summed E-state index contributed by atoms with van der Waals surface area (Å²) in [5.74, 6) is 0.0322. The van der Waals surface area contributed by atoms with E-state index in [1.165, 1.54) is 0 Å².